The van der Waals surface area contributed by atoms with E-state index in [1.165, 1.54) is 0 Å². The van der Waals surface area contributed by atoms with Crippen molar-refractivity contribution in [2.45, 2.75) is 19.6 Å². The summed E-state index contributed by atoms with van der Waals surface area (Å²) in [7, 11) is 3.23. The summed E-state index contributed by atoms with van der Waals surface area (Å²) in [5.74, 6) is -0.417. The largest absolute Gasteiger partial charge is 0.354 e. The van der Waals surface area contributed by atoms with Crippen molar-refractivity contribution in [1.82, 2.24) is 0 Å². The third-order valence-corrected chi connectivity index (χ3v) is 0.983. The molecule has 0 aromatic carbocycles. The molecule has 0 radical (unpaired) electrons. The monoisotopic (exact) mass is 164 g/mol. The molecule has 0 saturated carbocycles. The highest BCUT2D eigenvalue weighted by Crippen LogP contribution is 2.05. The Bertz CT molecular complexity index is 64.8. The van der Waals surface area contributed by atoms with Crippen LogP contribution in [0.1, 0.15) is 13.8 Å². The van der Waals surface area contributed by atoms with Gasteiger partial charge in [0.05, 0.1) is 0 Å². The second-order valence-corrected chi connectivity index (χ2v) is 1.81. The van der Waals surface area contributed by atoms with Gasteiger partial charge >= 0.3 is 0 Å². The summed E-state index contributed by atoms with van der Waals surface area (Å²) in [6.45, 7) is 7.71. The van der Waals surface area contributed by atoms with Gasteiger partial charge in [-0.3, -0.25) is 0 Å². The molecule has 0 N–H and O–H groups in total. The van der Waals surface area contributed by atoms with Crippen molar-refractivity contribution in [3.05, 3.63) is 0 Å². The molecule has 0 saturated heterocycles. The third-order valence-electron chi connectivity index (χ3n) is 0.983. The van der Waals surface area contributed by atoms with E-state index in [2.05, 4.69) is 0 Å². The predicted molar refractivity (Wildman–Crippen MR) is 42.3 cm³/mol. The van der Waals surface area contributed by atoms with E-state index in [-0.39, 0.29) is 0 Å². The van der Waals surface area contributed by atoms with Crippen molar-refractivity contribution in [2.75, 3.05) is 14.2 Å². The topological polar surface area (TPSA) is 52.6 Å². The molecule has 0 bridgehead atoms. The zero-order valence-electron chi connectivity index (χ0n) is 7.55. The second kappa shape index (κ2) is 12.0. The van der Waals surface area contributed by atoms with Gasteiger partial charge in [-0.2, -0.15) is 0 Å². The molecule has 0 aliphatic heterocycles. The summed E-state index contributed by atoms with van der Waals surface area (Å²) in [6, 6.07) is 0. The molecule has 0 aliphatic rings. The normalized spacial score (nSPS) is 8.36. The van der Waals surface area contributed by atoms with Gasteiger partial charge < -0.3 is 19.1 Å². The van der Waals surface area contributed by atoms with E-state index in [0.717, 1.165) is 0 Å². The van der Waals surface area contributed by atoms with Gasteiger partial charge in [0, 0.05) is 14.2 Å². The molecule has 4 heteroatoms. The van der Waals surface area contributed by atoms with Crippen molar-refractivity contribution >= 4 is 13.6 Å². The molecule has 11 heavy (non-hydrogen) atoms. The lowest BCUT2D eigenvalue weighted by molar-refractivity contribution is -0.178. The fourth-order valence-electron chi connectivity index (χ4n) is 0.0833. The first-order valence-corrected chi connectivity index (χ1v) is 2.80. The quantitative estimate of drug-likeness (QED) is 0.562. The first-order chi connectivity index (χ1) is 5.12. The average Bonchev–Trinajstić information content (AvgIpc) is 2.12. The van der Waals surface area contributed by atoms with Crippen LogP contribution in [0.15, 0.2) is 0 Å². The van der Waals surface area contributed by atoms with Crippen LogP contribution in [0, 0.1) is 0 Å². The van der Waals surface area contributed by atoms with Crippen LogP contribution in [0.25, 0.3) is 0 Å². The average molecular weight is 164 g/mol. The van der Waals surface area contributed by atoms with Crippen LogP contribution in [-0.4, -0.2) is 33.6 Å². The van der Waals surface area contributed by atoms with Crippen molar-refractivity contribution in [2.24, 2.45) is 0 Å². The maximum atomic E-state index is 8.00. The molecule has 68 valence electrons. The Morgan fingerprint density at radius 2 is 1.09 bits per heavy atom. The van der Waals surface area contributed by atoms with Crippen molar-refractivity contribution in [3.63, 3.8) is 0 Å². The van der Waals surface area contributed by atoms with E-state index in [4.69, 9.17) is 19.1 Å². The van der Waals surface area contributed by atoms with Crippen LogP contribution in [0.5, 0.6) is 0 Å². The first kappa shape index (κ1) is 16.7. The number of hydrogen-bond donors (Lipinski definition) is 0. The minimum Gasteiger partial charge on any atom is -0.354 e. The maximum absolute atomic E-state index is 8.00. The molecule has 0 heterocycles. The van der Waals surface area contributed by atoms with Crippen LogP contribution in [0.2, 0.25) is 0 Å². The molecule has 0 fully saturated rings. The number of hydrogen-bond acceptors (Lipinski definition) is 4. The zero-order valence-corrected chi connectivity index (χ0v) is 7.55. The predicted octanol–water partition coefficient (Wildman–Crippen LogP) is 0.645. The Morgan fingerprint density at radius 1 is 0.909 bits per heavy atom. The van der Waals surface area contributed by atoms with Crippen molar-refractivity contribution in [3.8, 4) is 0 Å². The third kappa shape index (κ3) is 17.6. The number of ether oxygens (including phenoxy) is 2. The van der Waals surface area contributed by atoms with Gasteiger partial charge in [0.2, 0.25) is 0 Å². The lowest BCUT2D eigenvalue weighted by Gasteiger charge is -2.19. The summed E-state index contributed by atoms with van der Waals surface area (Å²) in [6.07, 6.45) is 0. The van der Waals surface area contributed by atoms with E-state index in [9.17, 15) is 0 Å². The van der Waals surface area contributed by atoms with Gasteiger partial charge in [0.15, 0.2) is 5.79 Å². The van der Waals surface area contributed by atoms with Crippen LogP contribution in [0.4, 0.5) is 0 Å². The van der Waals surface area contributed by atoms with Crippen LogP contribution in [-0.2, 0) is 19.1 Å². The molecular formula is C7H16O4. The van der Waals surface area contributed by atoms with Gasteiger partial charge in [-0.05, 0) is 13.8 Å². The summed E-state index contributed by atoms with van der Waals surface area (Å²) in [5.41, 5.74) is 0. The second-order valence-electron chi connectivity index (χ2n) is 1.81. The van der Waals surface area contributed by atoms with E-state index in [1.807, 2.05) is 27.4 Å². The van der Waals surface area contributed by atoms with Gasteiger partial charge in [-0.25, -0.2) is 0 Å². The number of rotatable bonds is 2. The van der Waals surface area contributed by atoms with Crippen LogP contribution in [0.3, 0.4) is 0 Å². The molecule has 0 spiro atoms. The van der Waals surface area contributed by atoms with Crippen LogP contribution >= 0.6 is 0 Å². The fourth-order valence-corrected chi connectivity index (χ4v) is 0.0833. The van der Waals surface area contributed by atoms with E-state index < -0.39 is 5.79 Å². The SMILES string of the molecule is C=O.C=O.COC(C)(C)OC. The lowest BCUT2D eigenvalue weighted by atomic mass is 10.4. The van der Waals surface area contributed by atoms with E-state index in [1.54, 1.807) is 14.2 Å². The first-order valence-electron chi connectivity index (χ1n) is 2.80. The van der Waals surface area contributed by atoms with Gasteiger partial charge in [-0.15, -0.1) is 0 Å². The van der Waals surface area contributed by atoms with Gasteiger partial charge in [0.1, 0.15) is 13.6 Å². The molecular weight excluding hydrogens is 148 g/mol. The fraction of sp³-hybridized carbons (Fsp3) is 0.714. The lowest BCUT2D eigenvalue weighted by Crippen LogP contribution is -2.24. The van der Waals surface area contributed by atoms with E-state index >= 15 is 0 Å². The molecule has 0 amide bonds. The molecule has 0 unspecified atom stereocenters. The summed E-state index contributed by atoms with van der Waals surface area (Å²) >= 11 is 0. The standard InChI is InChI=1S/C5H12O2.2CH2O/c1-5(2,6-3)7-4;2*1-2/h1-4H3;2*1H2. The van der Waals surface area contributed by atoms with Gasteiger partial charge in [0.25, 0.3) is 0 Å². The Balaban J connectivity index is -0.000000138. The van der Waals surface area contributed by atoms with Gasteiger partial charge in [-0.1, -0.05) is 0 Å². The highest BCUT2D eigenvalue weighted by molar-refractivity contribution is 5.11. The number of carbonyl (C=O) groups excluding carboxylic acids is 2. The Morgan fingerprint density at radius 3 is 1.09 bits per heavy atom. The Kier molecular flexibility index (Phi) is 18.2. The summed E-state index contributed by atoms with van der Waals surface area (Å²) < 4.78 is 9.73. The maximum Gasteiger partial charge on any atom is 0.161 e. The Labute approximate surface area is 67.5 Å². The minimum absolute atomic E-state index is 0.417. The molecule has 0 aromatic rings. The highest BCUT2D eigenvalue weighted by atomic mass is 16.7. The van der Waals surface area contributed by atoms with E-state index in [0.29, 0.717) is 0 Å². The zero-order chi connectivity index (χ0) is 9.91. The van der Waals surface area contributed by atoms with Crippen LogP contribution < -0.4 is 0 Å². The molecule has 0 aliphatic carbocycles. The summed E-state index contributed by atoms with van der Waals surface area (Å²) in [4.78, 5) is 16.0. The van der Waals surface area contributed by atoms with Crippen molar-refractivity contribution in [1.29, 1.82) is 0 Å². The summed E-state index contributed by atoms with van der Waals surface area (Å²) in [5, 5.41) is 0. The molecule has 0 aromatic heterocycles. The molecule has 4 nitrogen and oxygen atoms in total. The smallest absolute Gasteiger partial charge is 0.161 e. The highest BCUT2D eigenvalue weighted by Gasteiger charge is 2.11. The van der Waals surface area contributed by atoms with Crippen molar-refractivity contribution < 1.29 is 19.1 Å². The molecule has 0 atom stereocenters. The Hall–Kier alpha value is -0.740. The number of carbonyl (C=O) groups is 2. The molecule has 0 rings (SSSR count). The minimum atomic E-state index is -0.417. The number of methoxy groups -OCH3 is 2.